The van der Waals surface area contributed by atoms with E-state index in [0.29, 0.717) is 36.3 Å². The fraction of sp³-hybridized carbons (Fsp3) is 0.550. The van der Waals surface area contributed by atoms with Gasteiger partial charge in [-0.2, -0.15) is 0 Å². The number of carbonyl (C=O) groups is 1. The molecule has 1 aromatic carbocycles. The number of hydrogen-bond acceptors (Lipinski definition) is 5. The Morgan fingerprint density at radius 3 is 2.59 bits per heavy atom. The van der Waals surface area contributed by atoms with Crippen LogP contribution in [0.2, 0.25) is 0 Å². The topological polar surface area (TPSA) is 70.8 Å². The molecule has 0 N–H and O–H groups in total. The Morgan fingerprint density at radius 2 is 1.96 bits per heavy atom. The second-order valence-electron chi connectivity index (χ2n) is 7.46. The van der Waals surface area contributed by atoms with Crippen molar-refractivity contribution >= 4 is 26.7 Å². The average Bonchev–Trinajstić information content (AvgIpc) is 3.17. The van der Waals surface area contributed by atoms with Gasteiger partial charge in [0.2, 0.25) is 0 Å². The lowest BCUT2D eigenvalue weighted by Gasteiger charge is -2.29. The highest BCUT2D eigenvalue weighted by Gasteiger charge is 2.36. The number of para-hydroxylation sites is 1. The molecular weight excluding hydrogens is 364 g/mol. The van der Waals surface area contributed by atoms with Gasteiger partial charge in [0.15, 0.2) is 9.84 Å². The monoisotopic (exact) mass is 392 g/mol. The van der Waals surface area contributed by atoms with E-state index in [4.69, 9.17) is 4.42 Å². The maximum Gasteiger partial charge on any atom is 0.258 e. The molecule has 3 rings (SSSR count). The van der Waals surface area contributed by atoms with Gasteiger partial charge in [-0.15, -0.1) is 0 Å². The SMILES string of the molecule is CCc1oc2ccccc2c1C(=O)N(CCCN(C)C)C1CCS(=O)(=O)C1. The molecule has 2 heterocycles. The van der Waals surface area contributed by atoms with Crippen molar-refractivity contribution in [1.29, 1.82) is 0 Å². The number of hydrogen-bond donors (Lipinski definition) is 0. The first-order chi connectivity index (χ1) is 12.8. The first kappa shape index (κ1) is 19.9. The second-order valence-corrected chi connectivity index (χ2v) is 9.69. The molecule has 0 aliphatic carbocycles. The molecule has 148 valence electrons. The Kier molecular flexibility index (Phi) is 5.91. The van der Waals surface area contributed by atoms with Crippen LogP contribution in [0.1, 0.15) is 35.9 Å². The Balaban J connectivity index is 1.95. The number of rotatable bonds is 7. The third kappa shape index (κ3) is 4.35. The molecule has 2 aromatic rings. The van der Waals surface area contributed by atoms with Gasteiger partial charge >= 0.3 is 0 Å². The zero-order chi connectivity index (χ0) is 19.6. The van der Waals surface area contributed by atoms with Crippen LogP contribution < -0.4 is 0 Å². The van der Waals surface area contributed by atoms with E-state index in [0.717, 1.165) is 18.4 Å². The molecule has 1 fully saturated rings. The average molecular weight is 393 g/mol. The van der Waals surface area contributed by atoms with Gasteiger partial charge in [-0.05, 0) is 39.5 Å². The molecule has 6 nitrogen and oxygen atoms in total. The van der Waals surface area contributed by atoms with E-state index in [1.165, 1.54) is 0 Å². The van der Waals surface area contributed by atoms with Crippen LogP contribution in [0, 0.1) is 0 Å². The van der Waals surface area contributed by atoms with Crippen LogP contribution in [0.15, 0.2) is 28.7 Å². The van der Waals surface area contributed by atoms with Crippen LogP contribution in [0.25, 0.3) is 11.0 Å². The summed E-state index contributed by atoms with van der Waals surface area (Å²) in [5, 5.41) is 0.804. The van der Waals surface area contributed by atoms with E-state index in [9.17, 15) is 13.2 Å². The molecule has 1 atom stereocenters. The fourth-order valence-electron chi connectivity index (χ4n) is 3.75. The normalized spacial score (nSPS) is 19.0. The summed E-state index contributed by atoms with van der Waals surface area (Å²) in [4.78, 5) is 17.4. The van der Waals surface area contributed by atoms with Crippen molar-refractivity contribution in [2.75, 3.05) is 38.7 Å². The van der Waals surface area contributed by atoms with Crippen molar-refractivity contribution in [3.8, 4) is 0 Å². The van der Waals surface area contributed by atoms with Gasteiger partial charge in [-0.3, -0.25) is 4.79 Å². The highest BCUT2D eigenvalue weighted by atomic mass is 32.2. The van der Waals surface area contributed by atoms with Crippen molar-refractivity contribution < 1.29 is 17.6 Å². The maximum absolute atomic E-state index is 13.5. The first-order valence-electron chi connectivity index (χ1n) is 9.49. The minimum atomic E-state index is -3.07. The molecule has 0 spiro atoms. The smallest absolute Gasteiger partial charge is 0.258 e. The van der Waals surface area contributed by atoms with E-state index in [-0.39, 0.29) is 23.5 Å². The van der Waals surface area contributed by atoms with Crippen molar-refractivity contribution in [2.24, 2.45) is 0 Å². The van der Waals surface area contributed by atoms with Crippen molar-refractivity contribution in [3.05, 3.63) is 35.6 Å². The Bertz CT molecular complexity index is 917. The summed E-state index contributed by atoms with van der Waals surface area (Å²) in [6.45, 7) is 3.35. The van der Waals surface area contributed by atoms with Crippen molar-refractivity contribution in [2.45, 2.75) is 32.2 Å². The van der Waals surface area contributed by atoms with Crippen LogP contribution in [0.3, 0.4) is 0 Å². The predicted molar refractivity (Wildman–Crippen MR) is 107 cm³/mol. The minimum absolute atomic E-state index is 0.0535. The molecule has 1 saturated heterocycles. The maximum atomic E-state index is 13.5. The number of fused-ring (bicyclic) bond motifs is 1. The number of benzene rings is 1. The summed E-state index contributed by atoms with van der Waals surface area (Å²) >= 11 is 0. The van der Waals surface area contributed by atoms with E-state index < -0.39 is 9.84 Å². The summed E-state index contributed by atoms with van der Waals surface area (Å²) in [5.74, 6) is 0.761. The van der Waals surface area contributed by atoms with Gasteiger partial charge in [0.1, 0.15) is 11.3 Å². The Morgan fingerprint density at radius 1 is 1.22 bits per heavy atom. The number of amides is 1. The number of aryl methyl sites for hydroxylation is 1. The number of nitrogens with zero attached hydrogens (tertiary/aromatic N) is 2. The molecule has 0 radical (unpaired) electrons. The number of carbonyl (C=O) groups excluding carboxylic acids is 1. The molecule has 7 heteroatoms. The fourth-order valence-corrected chi connectivity index (χ4v) is 5.48. The molecule has 27 heavy (non-hydrogen) atoms. The summed E-state index contributed by atoms with van der Waals surface area (Å²) in [6.07, 6.45) is 1.92. The van der Waals surface area contributed by atoms with E-state index in [2.05, 4.69) is 4.90 Å². The quantitative estimate of drug-likeness (QED) is 0.724. The van der Waals surface area contributed by atoms with E-state index in [1.807, 2.05) is 45.3 Å². The summed E-state index contributed by atoms with van der Waals surface area (Å²) < 4.78 is 29.9. The molecule has 1 amide bonds. The van der Waals surface area contributed by atoms with E-state index in [1.54, 1.807) is 4.90 Å². The lowest BCUT2D eigenvalue weighted by Crippen LogP contribution is -2.42. The minimum Gasteiger partial charge on any atom is -0.460 e. The Labute approximate surface area is 161 Å². The van der Waals surface area contributed by atoms with Crippen LogP contribution in [0.5, 0.6) is 0 Å². The molecule has 1 aromatic heterocycles. The second kappa shape index (κ2) is 8.02. The van der Waals surface area contributed by atoms with Crippen LogP contribution in [-0.4, -0.2) is 68.9 Å². The third-order valence-electron chi connectivity index (χ3n) is 5.12. The highest BCUT2D eigenvalue weighted by Crippen LogP contribution is 2.29. The van der Waals surface area contributed by atoms with Crippen LogP contribution in [-0.2, 0) is 16.3 Å². The molecular formula is C20H28N2O4S. The van der Waals surface area contributed by atoms with Crippen molar-refractivity contribution in [3.63, 3.8) is 0 Å². The zero-order valence-corrected chi connectivity index (χ0v) is 17.1. The standard InChI is InChI=1S/C20H28N2O4S/c1-4-17-19(16-8-5-6-9-18(16)26-17)20(23)22(12-7-11-21(2)3)15-10-13-27(24,25)14-15/h5-6,8-9,15H,4,7,10-14H2,1-3H3. The highest BCUT2D eigenvalue weighted by molar-refractivity contribution is 7.91. The molecule has 0 bridgehead atoms. The van der Waals surface area contributed by atoms with Crippen LogP contribution in [0.4, 0.5) is 0 Å². The van der Waals surface area contributed by atoms with Gasteiger partial charge < -0.3 is 14.2 Å². The lowest BCUT2D eigenvalue weighted by atomic mass is 10.1. The molecule has 1 aliphatic rings. The first-order valence-corrected chi connectivity index (χ1v) is 11.3. The van der Waals surface area contributed by atoms with Gasteiger partial charge in [0.05, 0.1) is 17.1 Å². The molecule has 1 unspecified atom stereocenters. The molecule has 1 aliphatic heterocycles. The van der Waals surface area contributed by atoms with Gasteiger partial charge in [0, 0.05) is 24.4 Å². The Hall–Kier alpha value is -1.86. The lowest BCUT2D eigenvalue weighted by molar-refractivity contribution is 0.0690. The molecule has 0 saturated carbocycles. The van der Waals surface area contributed by atoms with Gasteiger partial charge in [-0.25, -0.2) is 8.42 Å². The van der Waals surface area contributed by atoms with E-state index >= 15 is 0 Å². The summed E-state index contributed by atoms with van der Waals surface area (Å²) in [7, 11) is 0.912. The third-order valence-corrected chi connectivity index (χ3v) is 6.87. The largest absolute Gasteiger partial charge is 0.460 e. The van der Waals surface area contributed by atoms with Gasteiger partial charge in [-0.1, -0.05) is 25.1 Å². The predicted octanol–water partition coefficient (Wildman–Crippen LogP) is 2.58. The number of furan rings is 1. The summed E-state index contributed by atoms with van der Waals surface area (Å²) in [6, 6.07) is 7.28. The number of sulfone groups is 1. The zero-order valence-electron chi connectivity index (χ0n) is 16.3. The van der Waals surface area contributed by atoms with Crippen molar-refractivity contribution in [1.82, 2.24) is 9.80 Å². The van der Waals surface area contributed by atoms with Crippen LogP contribution >= 0.6 is 0 Å². The summed E-state index contributed by atoms with van der Waals surface area (Å²) in [5.41, 5.74) is 1.28. The van der Waals surface area contributed by atoms with Gasteiger partial charge in [0.25, 0.3) is 5.91 Å².